The Morgan fingerprint density at radius 2 is 1.65 bits per heavy atom. The molecule has 0 amide bonds. The molecule has 0 aliphatic heterocycles. The summed E-state index contributed by atoms with van der Waals surface area (Å²) in [5, 5.41) is 0.866. The lowest BCUT2D eigenvalue weighted by Gasteiger charge is -2.07. The first kappa shape index (κ1) is 17.5. The van der Waals surface area contributed by atoms with Gasteiger partial charge in [-0.3, -0.25) is 4.79 Å². The SMILES string of the molecule is COc1ccc(OCC(=O)OCC(=O)c2oc3ccccc3c2C)cc1. The van der Waals surface area contributed by atoms with E-state index < -0.39 is 18.4 Å². The van der Waals surface area contributed by atoms with Crippen molar-refractivity contribution in [3.8, 4) is 11.5 Å². The number of rotatable bonds is 7. The summed E-state index contributed by atoms with van der Waals surface area (Å²) in [5.74, 6) is 0.364. The summed E-state index contributed by atoms with van der Waals surface area (Å²) in [6.45, 7) is 1.11. The van der Waals surface area contributed by atoms with Crippen molar-refractivity contribution in [1.82, 2.24) is 0 Å². The van der Waals surface area contributed by atoms with Gasteiger partial charge in [0, 0.05) is 10.9 Å². The highest BCUT2D eigenvalue weighted by Crippen LogP contribution is 2.25. The van der Waals surface area contributed by atoms with Crippen LogP contribution in [0.1, 0.15) is 16.1 Å². The number of benzene rings is 2. The Hall–Kier alpha value is -3.28. The van der Waals surface area contributed by atoms with Gasteiger partial charge >= 0.3 is 5.97 Å². The lowest BCUT2D eigenvalue weighted by atomic mass is 10.1. The zero-order valence-corrected chi connectivity index (χ0v) is 14.5. The molecule has 0 saturated heterocycles. The van der Waals surface area contributed by atoms with E-state index in [9.17, 15) is 9.59 Å². The number of hydrogen-bond donors (Lipinski definition) is 0. The average molecular weight is 354 g/mol. The molecule has 1 heterocycles. The normalized spacial score (nSPS) is 10.5. The monoisotopic (exact) mass is 354 g/mol. The Balaban J connectivity index is 1.53. The molecule has 26 heavy (non-hydrogen) atoms. The van der Waals surface area contributed by atoms with Crippen LogP contribution in [0.5, 0.6) is 11.5 Å². The van der Waals surface area contributed by atoms with Crippen molar-refractivity contribution in [2.45, 2.75) is 6.92 Å². The zero-order valence-electron chi connectivity index (χ0n) is 14.5. The van der Waals surface area contributed by atoms with Gasteiger partial charge in [-0.2, -0.15) is 0 Å². The van der Waals surface area contributed by atoms with Crippen molar-refractivity contribution in [3.63, 3.8) is 0 Å². The Morgan fingerprint density at radius 3 is 2.35 bits per heavy atom. The summed E-state index contributed by atoms with van der Waals surface area (Å²) < 4.78 is 20.9. The molecule has 0 saturated carbocycles. The number of aryl methyl sites for hydroxylation is 1. The van der Waals surface area contributed by atoms with Gasteiger partial charge in [0.25, 0.3) is 0 Å². The molecule has 0 spiro atoms. The van der Waals surface area contributed by atoms with E-state index in [2.05, 4.69) is 0 Å². The molecule has 0 N–H and O–H groups in total. The predicted molar refractivity (Wildman–Crippen MR) is 94.7 cm³/mol. The number of hydrogen-bond acceptors (Lipinski definition) is 6. The maximum Gasteiger partial charge on any atom is 0.344 e. The molecule has 0 atom stereocenters. The highest BCUT2D eigenvalue weighted by atomic mass is 16.6. The summed E-state index contributed by atoms with van der Waals surface area (Å²) in [7, 11) is 1.56. The van der Waals surface area contributed by atoms with E-state index in [1.165, 1.54) is 0 Å². The van der Waals surface area contributed by atoms with Gasteiger partial charge in [0.05, 0.1) is 7.11 Å². The van der Waals surface area contributed by atoms with E-state index in [-0.39, 0.29) is 12.4 Å². The number of ether oxygens (including phenoxy) is 3. The molecule has 3 aromatic rings. The molecule has 6 heteroatoms. The molecular formula is C20H18O6. The van der Waals surface area contributed by atoms with Crippen molar-refractivity contribution >= 4 is 22.7 Å². The lowest BCUT2D eigenvalue weighted by Crippen LogP contribution is -2.19. The molecular weight excluding hydrogens is 336 g/mol. The minimum Gasteiger partial charge on any atom is -0.497 e. The molecule has 0 radical (unpaired) electrons. The number of ketones is 1. The number of methoxy groups -OCH3 is 1. The van der Waals surface area contributed by atoms with Gasteiger partial charge in [-0.25, -0.2) is 4.79 Å². The smallest absolute Gasteiger partial charge is 0.344 e. The van der Waals surface area contributed by atoms with Crippen molar-refractivity contribution in [1.29, 1.82) is 0 Å². The van der Waals surface area contributed by atoms with E-state index >= 15 is 0 Å². The van der Waals surface area contributed by atoms with Gasteiger partial charge < -0.3 is 18.6 Å². The Bertz CT molecular complexity index is 923. The fourth-order valence-electron chi connectivity index (χ4n) is 2.51. The van der Waals surface area contributed by atoms with Crippen molar-refractivity contribution in [2.75, 3.05) is 20.3 Å². The molecule has 0 aliphatic carbocycles. The second-order valence-corrected chi connectivity index (χ2v) is 5.60. The van der Waals surface area contributed by atoms with Crippen LogP contribution in [-0.2, 0) is 9.53 Å². The van der Waals surface area contributed by atoms with Gasteiger partial charge in [0.15, 0.2) is 19.0 Å². The summed E-state index contributed by atoms with van der Waals surface area (Å²) in [4.78, 5) is 24.0. The van der Waals surface area contributed by atoms with Crippen LogP contribution < -0.4 is 9.47 Å². The number of furan rings is 1. The first-order chi connectivity index (χ1) is 12.6. The summed E-state index contributed by atoms with van der Waals surface area (Å²) in [6.07, 6.45) is 0. The van der Waals surface area contributed by atoms with Crippen LogP contribution >= 0.6 is 0 Å². The van der Waals surface area contributed by atoms with Crippen LogP contribution in [-0.4, -0.2) is 32.1 Å². The van der Waals surface area contributed by atoms with E-state index in [1.807, 2.05) is 18.2 Å². The van der Waals surface area contributed by atoms with Gasteiger partial charge in [0.2, 0.25) is 5.78 Å². The molecule has 6 nitrogen and oxygen atoms in total. The standard InChI is InChI=1S/C20H18O6/c1-13-16-5-3-4-6-18(16)26-20(13)17(21)11-25-19(22)12-24-15-9-7-14(23-2)8-10-15/h3-10H,11-12H2,1-2H3. The third-order valence-electron chi connectivity index (χ3n) is 3.88. The van der Waals surface area contributed by atoms with E-state index in [0.717, 1.165) is 10.9 Å². The van der Waals surface area contributed by atoms with Crippen molar-refractivity contribution in [3.05, 3.63) is 59.9 Å². The molecule has 2 aromatic carbocycles. The number of carbonyl (C=O) groups excluding carboxylic acids is 2. The van der Waals surface area contributed by atoms with Crippen LogP contribution in [0, 0.1) is 6.92 Å². The van der Waals surface area contributed by atoms with Gasteiger partial charge in [-0.05, 0) is 37.3 Å². The third-order valence-corrected chi connectivity index (χ3v) is 3.88. The average Bonchev–Trinajstić information content (AvgIpc) is 3.02. The van der Waals surface area contributed by atoms with E-state index in [1.54, 1.807) is 44.4 Å². The van der Waals surface area contributed by atoms with Gasteiger partial charge in [0.1, 0.15) is 17.1 Å². The molecule has 3 rings (SSSR count). The molecule has 0 unspecified atom stereocenters. The molecule has 0 bridgehead atoms. The molecule has 0 aliphatic rings. The summed E-state index contributed by atoms with van der Waals surface area (Å²) >= 11 is 0. The first-order valence-corrected chi connectivity index (χ1v) is 8.02. The van der Waals surface area contributed by atoms with Gasteiger partial charge in [-0.1, -0.05) is 18.2 Å². The highest BCUT2D eigenvalue weighted by molar-refractivity contribution is 6.01. The minimum atomic E-state index is -0.636. The predicted octanol–water partition coefficient (Wildman–Crippen LogP) is 3.55. The highest BCUT2D eigenvalue weighted by Gasteiger charge is 2.19. The fourth-order valence-corrected chi connectivity index (χ4v) is 2.51. The Labute approximate surface area is 150 Å². The molecule has 0 fully saturated rings. The van der Waals surface area contributed by atoms with Crippen LogP contribution in [0.2, 0.25) is 0 Å². The minimum absolute atomic E-state index is 0.204. The van der Waals surface area contributed by atoms with Crippen LogP contribution in [0.4, 0.5) is 0 Å². The van der Waals surface area contributed by atoms with Gasteiger partial charge in [-0.15, -0.1) is 0 Å². The molecule has 134 valence electrons. The van der Waals surface area contributed by atoms with Crippen molar-refractivity contribution in [2.24, 2.45) is 0 Å². The van der Waals surface area contributed by atoms with Crippen LogP contribution in [0.3, 0.4) is 0 Å². The quantitative estimate of drug-likeness (QED) is 0.477. The van der Waals surface area contributed by atoms with E-state index in [4.69, 9.17) is 18.6 Å². The fraction of sp³-hybridized carbons (Fsp3) is 0.200. The maximum atomic E-state index is 12.3. The largest absolute Gasteiger partial charge is 0.497 e. The van der Waals surface area contributed by atoms with Crippen LogP contribution in [0.15, 0.2) is 52.9 Å². The van der Waals surface area contributed by atoms with Crippen LogP contribution in [0.25, 0.3) is 11.0 Å². The summed E-state index contributed by atoms with van der Waals surface area (Å²) in [6, 6.07) is 14.1. The maximum absolute atomic E-state index is 12.3. The second-order valence-electron chi connectivity index (χ2n) is 5.60. The topological polar surface area (TPSA) is 75.0 Å². The number of esters is 1. The molecule has 1 aromatic heterocycles. The Morgan fingerprint density at radius 1 is 0.962 bits per heavy atom. The second kappa shape index (κ2) is 7.74. The first-order valence-electron chi connectivity index (χ1n) is 8.02. The number of carbonyl (C=O) groups is 2. The summed E-state index contributed by atoms with van der Waals surface area (Å²) in [5.41, 5.74) is 1.36. The van der Waals surface area contributed by atoms with E-state index in [0.29, 0.717) is 17.1 Å². The Kier molecular flexibility index (Phi) is 5.22. The third kappa shape index (κ3) is 3.85. The number of para-hydroxylation sites is 1. The number of fused-ring (bicyclic) bond motifs is 1. The number of Topliss-reactive ketones (excluding diaryl/α,β-unsaturated/α-hetero) is 1. The lowest BCUT2D eigenvalue weighted by molar-refractivity contribution is -0.144. The van der Waals surface area contributed by atoms with Crippen molar-refractivity contribution < 1.29 is 28.2 Å². The zero-order chi connectivity index (χ0) is 18.5.